The van der Waals surface area contributed by atoms with E-state index in [9.17, 15) is 14.4 Å². The molecule has 2 N–H and O–H groups in total. The summed E-state index contributed by atoms with van der Waals surface area (Å²) in [5.41, 5.74) is 2.61. The molecule has 0 spiro atoms. The Bertz CT molecular complexity index is 1160. The van der Waals surface area contributed by atoms with Crippen LogP contribution in [-0.2, 0) is 22.4 Å². The third-order valence-corrected chi connectivity index (χ3v) is 7.71. The number of carbonyl (C=O) groups excluding carboxylic acids is 3. The van der Waals surface area contributed by atoms with E-state index in [0.717, 1.165) is 22.7 Å². The van der Waals surface area contributed by atoms with Crippen LogP contribution in [0.4, 0.5) is 5.13 Å². The van der Waals surface area contributed by atoms with Crippen molar-refractivity contribution in [2.75, 3.05) is 11.9 Å². The monoisotopic (exact) mass is 482 g/mol. The molecule has 2 aromatic heterocycles. The molecule has 0 radical (unpaired) electrons. The first-order valence-corrected chi connectivity index (χ1v) is 12.8. The second kappa shape index (κ2) is 10.4. The van der Waals surface area contributed by atoms with Gasteiger partial charge in [0.15, 0.2) is 10.9 Å². The van der Waals surface area contributed by atoms with Crippen LogP contribution in [0.2, 0.25) is 0 Å². The molecule has 9 heteroatoms. The van der Waals surface area contributed by atoms with E-state index in [-0.39, 0.29) is 29.9 Å². The summed E-state index contributed by atoms with van der Waals surface area (Å²) in [5.74, 6) is -0.913. The quantitative estimate of drug-likeness (QED) is 0.497. The number of hydrogen-bond acceptors (Lipinski definition) is 7. The number of carbonyl (C=O) groups is 3. The molecule has 7 nitrogen and oxygen atoms in total. The third-order valence-electron chi connectivity index (χ3n) is 5.74. The minimum Gasteiger partial charge on any atom is -0.355 e. The number of anilines is 1. The average molecular weight is 483 g/mol. The van der Waals surface area contributed by atoms with Gasteiger partial charge < -0.3 is 10.6 Å². The number of amides is 2. The Kier molecular flexibility index (Phi) is 7.29. The molecule has 1 aliphatic carbocycles. The molecule has 1 aliphatic rings. The Labute approximate surface area is 200 Å². The zero-order valence-corrected chi connectivity index (χ0v) is 20.2. The molecular formula is C24H26N4O3S2. The fourth-order valence-corrected chi connectivity index (χ4v) is 5.34. The van der Waals surface area contributed by atoms with Gasteiger partial charge in [0.05, 0.1) is 27.2 Å². The SMILES string of the molecule is CCC(C)C(=O)Nc1nc2c(s1)C(=O)CC(C(=O)NCCc1nc(-c3ccccc3)cs1)C2. The highest BCUT2D eigenvalue weighted by atomic mass is 32.1. The molecule has 172 valence electrons. The number of hydrogen-bond donors (Lipinski definition) is 2. The van der Waals surface area contributed by atoms with E-state index >= 15 is 0 Å². The Balaban J connectivity index is 1.31. The Morgan fingerprint density at radius 2 is 1.97 bits per heavy atom. The highest BCUT2D eigenvalue weighted by Crippen LogP contribution is 2.32. The maximum absolute atomic E-state index is 12.7. The molecule has 4 rings (SSSR count). The van der Waals surface area contributed by atoms with E-state index in [1.165, 1.54) is 11.3 Å². The summed E-state index contributed by atoms with van der Waals surface area (Å²) < 4.78 is 0. The van der Waals surface area contributed by atoms with Gasteiger partial charge in [-0.3, -0.25) is 14.4 Å². The lowest BCUT2D eigenvalue weighted by Gasteiger charge is -2.19. The molecule has 0 saturated heterocycles. The number of Topliss-reactive ketones (excluding diaryl/α,β-unsaturated/α-hetero) is 1. The summed E-state index contributed by atoms with van der Waals surface area (Å²) in [7, 11) is 0. The highest BCUT2D eigenvalue weighted by Gasteiger charge is 2.33. The van der Waals surface area contributed by atoms with Crippen LogP contribution >= 0.6 is 22.7 Å². The highest BCUT2D eigenvalue weighted by molar-refractivity contribution is 7.17. The van der Waals surface area contributed by atoms with Crippen molar-refractivity contribution < 1.29 is 14.4 Å². The number of thiazole rings is 2. The maximum atomic E-state index is 12.7. The number of ketones is 1. The van der Waals surface area contributed by atoms with Crippen LogP contribution in [0.15, 0.2) is 35.7 Å². The minimum absolute atomic E-state index is 0.0923. The molecule has 0 saturated carbocycles. The molecule has 2 unspecified atom stereocenters. The van der Waals surface area contributed by atoms with Crippen LogP contribution in [0, 0.1) is 11.8 Å². The normalized spacial score (nSPS) is 16.2. The van der Waals surface area contributed by atoms with E-state index < -0.39 is 5.92 Å². The van der Waals surface area contributed by atoms with E-state index in [0.29, 0.717) is 35.1 Å². The second-order valence-corrected chi connectivity index (χ2v) is 10.1. The first kappa shape index (κ1) is 23.3. The smallest absolute Gasteiger partial charge is 0.228 e. The molecule has 0 bridgehead atoms. The van der Waals surface area contributed by atoms with Crippen LogP contribution in [0.3, 0.4) is 0 Å². The van der Waals surface area contributed by atoms with Crippen LogP contribution < -0.4 is 10.6 Å². The van der Waals surface area contributed by atoms with Gasteiger partial charge in [0.25, 0.3) is 0 Å². The average Bonchev–Trinajstić information content (AvgIpc) is 3.46. The molecule has 0 fully saturated rings. The van der Waals surface area contributed by atoms with Gasteiger partial charge in [-0.1, -0.05) is 55.5 Å². The zero-order valence-electron chi connectivity index (χ0n) is 18.6. The number of nitrogens with one attached hydrogen (secondary N) is 2. The fraction of sp³-hybridized carbons (Fsp3) is 0.375. The molecular weight excluding hydrogens is 456 g/mol. The van der Waals surface area contributed by atoms with Gasteiger partial charge in [-0.05, 0) is 6.42 Å². The van der Waals surface area contributed by atoms with Crippen molar-refractivity contribution in [2.45, 2.75) is 39.5 Å². The first-order valence-electron chi connectivity index (χ1n) is 11.1. The van der Waals surface area contributed by atoms with E-state index in [2.05, 4.69) is 20.6 Å². The lowest BCUT2D eigenvalue weighted by Crippen LogP contribution is -2.36. The van der Waals surface area contributed by atoms with Gasteiger partial charge in [-0.2, -0.15) is 0 Å². The van der Waals surface area contributed by atoms with Crippen molar-refractivity contribution in [2.24, 2.45) is 11.8 Å². The van der Waals surface area contributed by atoms with Crippen molar-refractivity contribution in [1.82, 2.24) is 15.3 Å². The van der Waals surface area contributed by atoms with Gasteiger partial charge in [-0.25, -0.2) is 9.97 Å². The van der Waals surface area contributed by atoms with Gasteiger partial charge in [0.2, 0.25) is 11.8 Å². The van der Waals surface area contributed by atoms with Crippen molar-refractivity contribution in [3.63, 3.8) is 0 Å². The Hall–Kier alpha value is -2.91. The van der Waals surface area contributed by atoms with Crippen molar-refractivity contribution in [3.8, 4) is 11.3 Å². The van der Waals surface area contributed by atoms with Crippen LogP contribution in [0.1, 0.15) is 47.1 Å². The summed E-state index contributed by atoms with van der Waals surface area (Å²) in [5, 5.41) is 9.14. The van der Waals surface area contributed by atoms with Gasteiger partial charge in [0, 0.05) is 42.7 Å². The largest absolute Gasteiger partial charge is 0.355 e. The molecule has 0 aliphatic heterocycles. The van der Waals surface area contributed by atoms with Gasteiger partial charge in [-0.15, -0.1) is 11.3 Å². The molecule has 3 aromatic rings. The Morgan fingerprint density at radius 1 is 1.18 bits per heavy atom. The lowest BCUT2D eigenvalue weighted by molar-refractivity contribution is -0.125. The van der Waals surface area contributed by atoms with E-state index in [1.807, 2.05) is 49.6 Å². The van der Waals surface area contributed by atoms with Crippen molar-refractivity contribution in [3.05, 3.63) is 51.3 Å². The van der Waals surface area contributed by atoms with Gasteiger partial charge >= 0.3 is 0 Å². The number of nitrogens with zero attached hydrogens (tertiary/aromatic N) is 2. The van der Waals surface area contributed by atoms with Crippen LogP contribution in [0.5, 0.6) is 0 Å². The molecule has 33 heavy (non-hydrogen) atoms. The van der Waals surface area contributed by atoms with Crippen LogP contribution in [0.25, 0.3) is 11.3 Å². The summed E-state index contributed by atoms with van der Waals surface area (Å²) in [6, 6.07) is 9.98. The molecule has 1 aromatic carbocycles. The predicted octanol–water partition coefficient (Wildman–Crippen LogP) is 4.36. The van der Waals surface area contributed by atoms with E-state index in [4.69, 9.17) is 0 Å². The molecule has 2 atom stereocenters. The lowest BCUT2D eigenvalue weighted by atomic mass is 9.89. The predicted molar refractivity (Wildman–Crippen MR) is 131 cm³/mol. The minimum atomic E-state index is -0.443. The maximum Gasteiger partial charge on any atom is 0.228 e. The van der Waals surface area contributed by atoms with Gasteiger partial charge in [0.1, 0.15) is 0 Å². The summed E-state index contributed by atoms with van der Waals surface area (Å²) in [6.45, 7) is 4.26. The zero-order chi connectivity index (χ0) is 23.4. The second-order valence-electron chi connectivity index (χ2n) is 8.16. The number of fused-ring (bicyclic) bond motifs is 1. The molecule has 2 heterocycles. The number of rotatable bonds is 8. The number of benzene rings is 1. The Morgan fingerprint density at radius 3 is 2.73 bits per heavy atom. The fourth-order valence-electron chi connectivity index (χ4n) is 3.59. The number of aromatic nitrogens is 2. The third kappa shape index (κ3) is 5.54. The van der Waals surface area contributed by atoms with Crippen LogP contribution in [-0.4, -0.2) is 34.1 Å². The van der Waals surface area contributed by atoms with Crippen molar-refractivity contribution in [1.29, 1.82) is 0 Å². The summed E-state index contributed by atoms with van der Waals surface area (Å²) in [6.07, 6.45) is 1.93. The summed E-state index contributed by atoms with van der Waals surface area (Å²) in [4.78, 5) is 47.1. The topological polar surface area (TPSA) is 101 Å². The standard InChI is InChI=1S/C24H26N4O3S2/c1-3-14(2)22(30)28-24-27-17-11-16(12-19(29)21(17)33-24)23(31)25-10-9-20-26-18(13-32-20)15-7-5-4-6-8-15/h4-8,13-14,16H,3,9-12H2,1-2H3,(H,25,31)(H,27,28,30). The van der Waals surface area contributed by atoms with Crippen molar-refractivity contribution >= 4 is 45.4 Å². The summed E-state index contributed by atoms with van der Waals surface area (Å²) >= 11 is 2.77. The van der Waals surface area contributed by atoms with E-state index in [1.54, 1.807) is 11.3 Å². The first-order chi connectivity index (χ1) is 15.9. The molecule has 2 amide bonds.